The van der Waals surface area contributed by atoms with Crippen molar-refractivity contribution in [1.82, 2.24) is 14.7 Å². The zero-order valence-electron chi connectivity index (χ0n) is 11.6. The van der Waals surface area contributed by atoms with Crippen molar-refractivity contribution in [3.8, 4) is 0 Å². The van der Waals surface area contributed by atoms with Crippen LogP contribution < -0.4 is 5.73 Å². The number of aromatic nitrogens is 2. The van der Waals surface area contributed by atoms with E-state index in [4.69, 9.17) is 10.5 Å². The predicted molar refractivity (Wildman–Crippen MR) is 72.9 cm³/mol. The van der Waals surface area contributed by atoms with Gasteiger partial charge in [-0.2, -0.15) is 5.10 Å². The van der Waals surface area contributed by atoms with Crippen LogP contribution in [0.3, 0.4) is 0 Å². The molecule has 0 spiro atoms. The smallest absolute Gasteiger partial charge is 0.276 e. The number of carbonyl (C=O) groups is 1. The number of hydrogen-bond acceptors (Lipinski definition) is 4. The van der Waals surface area contributed by atoms with E-state index in [2.05, 4.69) is 5.10 Å². The molecule has 2 N–H and O–H groups in total. The van der Waals surface area contributed by atoms with Crippen molar-refractivity contribution in [2.45, 2.75) is 39.3 Å². The number of anilines is 1. The molecule has 2 rings (SSSR count). The molecule has 0 aromatic carbocycles. The van der Waals surface area contributed by atoms with Gasteiger partial charge in [-0.1, -0.05) is 0 Å². The van der Waals surface area contributed by atoms with Crippen LogP contribution in [0.2, 0.25) is 0 Å². The number of amides is 1. The maximum Gasteiger partial charge on any atom is 0.276 e. The van der Waals surface area contributed by atoms with Crippen molar-refractivity contribution in [2.24, 2.45) is 0 Å². The Morgan fingerprint density at radius 1 is 1.47 bits per heavy atom. The lowest BCUT2D eigenvalue weighted by molar-refractivity contribution is 0.0144. The normalized spacial score (nSPS) is 16.8. The van der Waals surface area contributed by atoms with Gasteiger partial charge in [0.1, 0.15) is 0 Å². The Labute approximate surface area is 113 Å². The van der Waals surface area contributed by atoms with Crippen molar-refractivity contribution in [1.29, 1.82) is 0 Å². The molecule has 1 aliphatic rings. The van der Waals surface area contributed by atoms with Crippen LogP contribution in [0.1, 0.15) is 37.2 Å². The summed E-state index contributed by atoms with van der Waals surface area (Å²) < 4.78 is 7.27. The van der Waals surface area contributed by atoms with Crippen LogP contribution in [0.15, 0.2) is 6.20 Å². The minimum Gasteiger partial charge on any atom is -0.396 e. The largest absolute Gasteiger partial charge is 0.396 e. The fourth-order valence-electron chi connectivity index (χ4n) is 2.38. The number of ether oxygens (including phenoxy) is 1. The average molecular weight is 266 g/mol. The van der Waals surface area contributed by atoms with Gasteiger partial charge in [0.25, 0.3) is 5.91 Å². The summed E-state index contributed by atoms with van der Waals surface area (Å²) in [5.41, 5.74) is 6.67. The number of nitrogens with two attached hydrogens (primary N) is 1. The lowest BCUT2D eigenvalue weighted by Crippen LogP contribution is -2.41. The molecule has 1 aromatic heterocycles. The Balaban J connectivity index is 1.99. The molecule has 0 saturated carbocycles. The fourth-order valence-corrected chi connectivity index (χ4v) is 2.38. The number of aryl methyl sites for hydroxylation is 1. The Morgan fingerprint density at radius 2 is 2.16 bits per heavy atom. The molecule has 0 radical (unpaired) electrons. The van der Waals surface area contributed by atoms with E-state index in [1.54, 1.807) is 10.9 Å². The van der Waals surface area contributed by atoms with E-state index >= 15 is 0 Å². The summed E-state index contributed by atoms with van der Waals surface area (Å²) >= 11 is 0. The van der Waals surface area contributed by atoms with Crippen LogP contribution in [0.25, 0.3) is 0 Å². The molecule has 1 aromatic rings. The van der Waals surface area contributed by atoms with Crippen LogP contribution in [0, 0.1) is 0 Å². The molecule has 1 aliphatic heterocycles. The first kappa shape index (κ1) is 13.9. The molecule has 106 valence electrons. The van der Waals surface area contributed by atoms with E-state index in [0.29, 0.717) is 31.0 Å². The highest BCUT2D eigenvalue weighted by molar-refractivity contribution is 5.97. The second kappa shape index (κ2) is 6.06. The third kappa shape index (κ3) is 3.07. The Hall–Kier alpha value is -1.56. The van der Waals surface area contributed by atoms with Gasteiger partial charge in [-0.15, -0.1) is 0 Å². The highest BCUT2D eigenvalue weighted by Gasteiger charge is 2.26. The van der Waals surface area contributed by atoms with E-state index in [-0.39, 0.29) is 12.0 Å². The first-order valence-corrected chi connectivity index (χ1v) is 6.89. The van der Waals surface area contributed by atoms with E-state index in [1.807, 2.05) is 18.7 Å². The van der Waals surface area contributed by atoms with Crippen LogP contribution in [0.4, 0.5) is 5.69 Å². The second-order valence-corrected chi connectivity index (χ2v) is 4.74. The van der Waals surface area contributed by atoms with Gasteiger partial charge in [-0.3, -0.25) is 9.48 Å². The first-order valence-electron chi connectivity index (χ1n) is 6.89. The van der Waals surface area contributed by atoms with Crippen molar-refractivity contribution in [2.75, 3.05) is 25.4 Å². The van der Waals surface area contributed by atoms with Crippen LogP contribution >= 0.6 is 0 Å². The number of carbonyl (C=O) groups excluding carboxylic acids is 1. The Bertz CT molecular complexity index is 436. The fraction of sp³-hybridized carbons (Fsp3) is 0.692. The molecule has 2 heterocycles. The number of rotatable bonds is 4. The summed E-state index contributed by atoms with van der Waals surface area (Å²) in [6.45, 7) is 6.82. The molecule has 19 heavy (non-hydrogen) atoms. The van der Waals surface area contributed by atoms with Crippen molar-refractivity contribution in [3.05, 3.63) is 11.9 Å². The third-order valence-corrected chi connectivity index (χ3v) is 3.45. The van der Waals surface area contributed by atoms with Crippen molar-refractivity contribution >= 4 is 11.6 Å². The standard InChI is InChI=1S/C13H22N4O2/c1-3-17-9-11(14)12(15-17)13(18)16-7-5-10(6-8-16)19-4-2/h9-10H,3-8,14H2,1-2H3. The van der Waals surface area contributed by atoms with Gasteiger partial charge < -0.3 is 15.4 Å². The molecule has 6 nitrogen and oxygen atoms in total. The lowest BCUT2D eigenvalue weighted by atomic mass is 10.1. The Kier molecular flexibility index (Phi) is 4.42. The molecule has 0 atom stereocenters. The maximum atomic E-state index is 12.3. The molecule has 0 unspecified atom stereocenters. The van der Waals surface area contributed by atoms with Crippen molar-refractivity contribution < 1.29 is 9.53 Å². The topological polar surface area (TPSA) is 73.4 Å². The molecule has 1 fully saturated rings. The number of hydrogen-bond donors (Lipinski definition) is 1. The van der Waals surface area contributed by atoms with Gasteiger partial charge in [-0.25, -0.2) is 0 Å². The number of nitrogen functional groups attached to an aromatic ring is 1. The predicted octanol–water partition coefficient (Wildman–Crippen LogP) is 1.13. The molecule has 0 aliphatic carbocycles. The minimum absolute atomic E-state index is 0.0698. The number of nitrogens with zero attached hydrogens (tertiary/aromatic N) is 3. The van der Waals surface area contributed by atoms with Gasteiger partial charge in [0, 0.05) is 32.4 Å². The quantitative estimate of drug-likeness (QED) is 0.886. The van der Waals surface area contributed by atoms with E-state index in [1.165, 1.54) is 0 Å². The van der Waals surface area contributed by atoms with Gasteiger partial charge in [0.15, 0.2) is 5.69 Å². The number of piperidine rings is 1. The number of likely N-dealkylation sites (tertiary alicyclic amines) is 1. The molecular weight excluding hydrogens is 244 g/mol. The average Bonchev–Trinajstić information content (AvgIpc) is 2.80. The summed E-state index contributed by atoms with van der Waals surface area (Å²) in [5, 5.41) is 4.23. The SMILES string of the molecule is CCOC1CCN(C(=O)c2nn(CC)cc2N)CC1. The van der Waals surface area contributed by atoms with E-state index in [0.717, 1.165) is 19.4 Å². The summed E-state index contributed by atoms with van der Waals surface area (Å²) in [4.78, 5) is 14.2. The van der Waals surface area contributed by atoms with E-state index < -0.39 is 0 Å². The molecule has 1 saturated heterocycles. The van der Waals surface area contributed by atoms with Gasteiger partial charge in [0.05, 0.1) is 11.8 Å². The third-order valence-electron chi connectivity index (χ3n) is 3.45. The lowest BCUT2D eigenvalue weighted by Gasteiger charge is -2.31. The zero-order chi connectivity index (χ0) is 13.8. The van der Waals surface area contributed by atoms with Crippen LogP contribution in [-0.4, -0.2) is 46.4 Å². The summed E-state index contributed by atoms with van der Waals surface area (Å²) in [5.74, 6) is -0.0698. The van der Waals surface area contributed by atoms with Gasteiger partial charge in [0.2, 0.25) is 0 Å². The van der Waals surface area contributed by atoms with Crippen molar-refractivity contribution in [3.63, 3.8) is 0 Å². The Morgan fingerprint density at radius 3 is 2.68 bits per heavy atom. The molecule has 6 heteroatoms. The van der Waals surface area contributed by atoms with E-state index in [9.17, 15) is 4.79 Å². The second-order valence-electron chi connectivity index (χ2n) is 4.74. The molecular formula is C13H22N4O2. The molecule has 1 amide bonds. The van der Waals surface area contributed by atoms with Gasteiger partial charge >= 0.3 is 0 Å². The van der Waals surface area contributed by atoms with Crippen LogP contribution in [0.5, 0.6) is 0 Å². The summed E-state index contributed by atoms with van der Waals surface area (Å²) in [6.07, 6.45) is 3.75. The van der Waals surface area contributed by atoms with Gasteiger partial charge in [-0.05, 0) is 26.7 Å². The molecule has 0 bridgehead atoms. The maximum absolute atomic E-state index is 12.3. The zero-order valence-corrected chi connectivity index (χ0v) is 11.6. The monoisotopic (exact) mass is 266 g/mol. The minimum atomic E-state index is -0.0698. The van der Waals surface area contributed by atoms with Crippen LogP contribution in [-0.2, 0) is 11.3 Å². The highest BCUT2D eigenvalue weighted by atomic mass is 16.5. The first-order chi connectivity index (χ1) is 9.15. The highest BCUT2D eigenvalue weighted by Crippen LogP contribution is 2.18. The summed E-state index contributed by atoms with van der Waals surface area (Å²) in [6, 6.07) is 0. The summed E-state index contributed by atoms with van der Waals surface area (Å²) in [7, 11) is 0.